The summed E-state index contributed by atoms with van der Waals surface area (Å²) in [6.45, 7) is 1.15. The summed E-state index contributed by atoms with van der Waals surface area (Å²) >= 11 is 0. The minimum absolute atomic E-state index is 0.00118. The molecule has 0 bridgehead atoms. The van der Waals surface area contributed by atoms with Crippen molar-refractivity contribution < 1.29 is 9.90 Å². The van der Waals surface area contributed by atoms with Crippen LogP contribution in [0.4, 0.5) is 0 Å². The van der Waals surface area contributed by atoms with E-state index in [1.165, 1.54) is 12.8 Å². The molecule has 4 heteroatoms. The van der Waals surface area contributed by atoms with E-state index in [-0.39, 0.29) is 30.5 Å². The van der Waals surface area contributed by atoms with E-state index in [2.05, 4.69) is 10.6 Å². The molecule has 1 aliphatic heterocycles. The maximum atomic E-state index is 11.9. The Bertz CT molecular complexity index is 239. The highest BCUT2D eigenvalue weighted by Crippen LogP contribution is 2.24. The summed E-state index contributed by atoms with van der Waals surface area (Å²) in [5, 5.41) is 15.6. The summed E-state index contributed by atoms with van der Waals surface area (Å²) in [6, 6.07) is 0.190. The van der Waals surface area contributed by atoms with E-state index in [1.54, 1.807) is 0 Å². The molecule has 0 aromatic carbocycles. The molecule has 3 N–H and O–H groups in total. The maximum absolute atomic E-state index is 11.9. The molecule has 1 saturated heterocycles. The van der Waals surface area contributed by atoms with Gasteiger partial charge < -0.3 is 15.7 Å². The lowest BCUT2D eigenvalue weighted by molar-refractivity contribution is -0.124. The van der Waals surface area contributed by atoms with Crippen molar-refractivity contribution >= 4 is 5.91 Å². The van der Waals surface area contributed by atoms with Crippen LogP contribution in [0.1, 0.15) is 38.5 Å². The fraction of sp³-hybridized carbons (Fsp3) is 0.917. The first-order valence-corrected chi connectivity index (χ1v) is 6.46. The van der Waals surface area contributed by atoms with Crippen LogP contribution in [0.2, 0.25) is 0 Å². The van der Waals surface area contributed by atoms with Crippen molar-refractivity contribution in [3.63, 3.8) is 0 Å². The molecule has 2 aliphatic rings. The summed E-state index contributed by atoms with van der Waals surface area (Å²) in [5.41, 5.74) is 0. The van der Waals surface area contributed by atoms with Gasteiger partial charge in [0.05, 0.1) is 6.04 Å². The number of nitrogens with one attached hydrogen (secondary N) is 2. The molecular formula is C12H22N2O2. The van der Waals surface area contributed by atoms with Gasteiger partial charge in [0.1, 0.15) is 0 Å². The summed E-state index contributed by atoms with van der Waals surface area (Å²) in [6.07, 6.45) is 6.44. The van der Waals surface area contributed by atoms with Gasteiger partial charge in [-0.15, -0.1) is 0 Å². The highest BCUT2D eigenvalue weighted by Gasteiger charge is 2.29. The molecule has 92 valence electrons. The molecule has 1 amide bonds. The van der Waals surface area contributed by atoms with Gasteiger partial charge in [-0.3, -0.25) is 4.79 Å². The SMILES string of the molecule is O=C(NC1CCCCC1CO)[C@@H]1CCCN1. The molecule has 2 rings (SSSR count). The molecule has 0 spiro atoms. The summed E-state index contributed by atoms with van der Waals surface area (Å²) in [7, 11) is 0. The normalized spacial score (nSPS) is 34.9. The van der Waals surface area contributed by atoms with Crippen LogP contribution in [0.15, 0.2) is 0 Å². The molecule has 2 fully saturated rings. The van der Waals surface area contributed by atoms with Gasteiger partial charge in [-0.25, -0.2) is 0 Å². The van der Waals surface area contributed by atoms with E-state index in [1.807, 2.05) is 0 Å². The Morgan fingerprint density at radius 3 is 2.75 bits per heavy atom. The predicted octanol–water partition coefficient (Wildman–Crippen LogP) is 0.406. The van der Waals surface area contributed by atoms with Gasteiger partial charge in [0.2, 0.25) is 5.91 Å². The van der Waals surface area contributed by atoms with Crippen LogP contribution in [-0.4, -0.2) is 36.2 Å². The van der Waals surface area contributed by atoms with Crippen LogP contribution in [0.5, 0.6) is 0 Å². The maximum Gasteiger partial charge on any atom is 0.237 e. The third-order valence-electron chi connectivity index (χ3n) is 3.85. The van der Waals surface area contributed by atoms with Crippen molar-refractivity contribution in [1.82, 2.24) is 10.6 Å². The first-order valence-electron chi connectivity index (χ1n) is 6.46. The average Bonchev–Trinajstić information content (AvgIpc) is 2.83. The van der Waals surface area contributed by atoms with Gasteiger partial charge in [-0.2, -0.15) is 0 Å². The molecule has 0 aromatic rings. The molecule has 3 atom stereocenters. The number of carbonyl (C=O) groups is 1. The molecule has 1 heterocycles. The first kappa shape index (κ1) is 11.9. The lowest BCUT2D eigenvalue weighted by atomic mass is 9.85. The molecule has 1 saturated carbocycles. The van der Waals surface area contributed by atoms with Gasteiger partial charge in [0.15, 0.2) is 0 Å². The molecule has 4 nitrogen and oxygen atoms in total. The van der Waals surface area contributed by atoms with Crippen molar-refractivity contribution in [1.29, 1.82) is 0 Å². The van der Waals surface area contributed by atoms with E-state index >= 15 is 0 Å². The third kappa shape index (κ3) is 2.74. The second kappa shape index (κ2) is 5.64. The Labute approximate surface area is 96.8 Å². The van der Waals surface area contributed by atoms with E-state index in [0.717, 1.165) is 32.2 Å². The summed E-state index contributed by atoms with van der Waals surface area (Å²) in [4.78, 5) is 11.9. The van der Waals surface area contributed by atoms with E-state index < -0.39 is 0 Å². The number of aliphatic hydroxyl groups is 1. The van der Waals surface area contributed by atoms with E-state index in [0.29, 0.717) is 0 Å². The Balaban J connectivity index is 1.84. The van der Waals surface area contributed by atoms with Crippen LogP contribution in [0.3, 0.4) is 0 Å². The Morgan fingerprint density at radius 2 is 2.06 bits per heavy atom. The summed E-state index contributed by atoms with van der Waals surface area (Å²) in [5.74, 6) is 0.391. The highest BCUT2D eigenvalue weighted by atomic mass is 16.3. The van der Waals surface area contributed by atoms with Crippen molar-refractivity contribution in [3.8, 4) is 0 Å². The second-order valence-electron chi connectivity index (χ2n) is 4.99. The van der Waals surface area contributed by atoms with Gasteiger partial charge in [0.25, 0.3) is 0 Å². The van der Waals surface area contributed by atoms with E-state index in [9.17, 15) is 9.90 Å². The Morgan fingerprint density at radius 1 is 1.25 bits per heavy atom. The van der Waals surface area contributed by atoms with E-state index in [4.69, 9.17) is 0 Å². The lowest BCUT2D eigenvalue weighted by Crippen LogP contribution is -2.49. The molecular weight excluding hydrogens is 204 g/mol. The van der Waals surface area contributed by atoms with Gasteiger partial charge >= 0.3 is 0 Å². The molecule has 0 aromatic heterocycles. The van der Waals surface area contributed by atoms with Crippen molar-refractivity contribution in [3.05, 3.63) is 0 Å². The quantitative estimate of drug-likeness (QED) is 0.653. The van der Waals surface area contributed by atoms with Gasteiger partial charge in [-0.05, 0) is 32.2 Å². The van der Waals surface area contributed by atoms with Crippen molar-refractivity contribution in [2.75, 3.05) is 13.2 Å². The lowest BCUT2D eigenvalue weighted by Gasteiger charge is -2.31. The fourth-order valence-corrected chi connectivity index (χ4v) is 2.81. The first-order chi connectivity index (χ1) is 7.81. The number of hydrogen-bond acceptors (Lipinski definition) is 3. The number of carbonyl (C=O) groups excluding carboxylic acids is 1. The average molecular weight is 226 g/mol. The minimum atomic E-state index is 0.00118. The number of aliphatic hydroxyl groups excluding tert-OH is 1. The topological polar surface area (TPSA) is 61.4 Å². The zero-order valence-corrected chi connectivity index (χ0v) is 9.74. The smallest absolute Gasteiger partial charge is 0.237 e. The minimum Gasteiger partial charge on any atom is -0.396 e. The monoisotopic (exact) mass is 226 g/mol. The molecule has 0 radical (unpaired) electrons. The molecule has 16 heavy (non-hydrogen) atoms. The largest absolute Gasteiger partial charge is 0.396 e. The standard InChI is InChI=1S/C12H22N2O2/c15-8-9-4-1-2-5-10(9)14-12(16)11-6-3-7-13-11/h9-11,13,15H,1-8H2,(H,14,16)/t9?,10?,11-/m0/s1. The third-order valence-corrected chi connectivity index (χ3v) is 3.85. The number of hydrogen-bond donors (Lipinski definition) is 3. The van der Waals surface area contributed by atoms with Crippen LogP contribution in [-0.2, 0) is 4.79 Å². The van der Waals surface area contributed by atoms with Crippen LogP contribution in [0, 0.1) is 5.92 Å². The fourth-order valence-electron chi connectivity index (χ4n) is 2.81. The van der Waals surface area contributed by atoms with Gasteiger partial charge in [0, 0.05) is 18.6 Å². The summed E-state index contributed by atoms with van der Waals surface area (Å²) < 4.78 is 0. The zero-order chi connectivity index (χ0) is 11.4. The molecule has 2 unspecified atom stereocenters. The number of amides is 1. The highest BCUT2D eigenvalue weighted by molar-refractivity contribution is 5.82. The zero-order valence-electron chi connectivity index (χ0n) is 9.74. The van der Waals surface area contributed by atoms with Crippen molar-refractivity contribution in [2.45, 2.75) is 50.6 Å². The Hall–Kier alpha value is -0.610. The van der Waals surface area contributed by atoms with Gasteiger partial charge in [-0.1, -0.05) is 12.8 Å². The number of rotatable bonds is 3. The van der Waals surface area contributed by atoms with Crippen LogP contribution < -0.4 is 10.6 Å². The van der Waals surface area contributed by atoms with Crippen molar-refractivity contribution in [2.24, 2.45) is 5.92 Å². The van der Waals surface area contributed by atoms with Crippen LogP contribution >= 0.6 is 0 Å². The second-order valence-corrected chi connectivity index (χ2v) is 4.99. The van der Waals surface area contributed by atoms with Crippen LogP contribution in [0.25, 0.3) is 0 Å². The molecule has 1 aliphatic carbocycles. The Kier molecular flexibility index (Phi) is 4.18. The predicted molar refractivity (Wildman–Crippen MR) is 62.0 cm³/mol.